The molecule has 23 heavy (non-hydrogen) atoms. The van der Waals surface area contributed by atoms with E-state index >= 15 is 0 Å². The second kappa shape index (κ2) is 5.92. The van der Waals surface area contributed by atoms with Gasteiger partial charge in [-0.3, -0.25) is 4.79 Å². The first-order valence-corrected chi connectivity index (χ1v) is 7.89. The lowest BCUT2D eigenvalue weighted by atomic mass is 10.0. The van der Waals surface area contributed by atoms with Gasteiger partial charge in [0.25, 0.3) is 0 Å². The van der Waals surface area contributed by atoms with Crippen LogP contribution in [0.25, 0.3) is 10.9 Å². The molecule has 0 radical (unpaired) electrons. The second-order valence-electron chi connectivity index (χ2n) is 6.32. The summed E-state index contributed by atoms with van der Waals surface area (Å²) in [4.78, 5) is 15.8. The van der Waals surface area contributed by atoms with Crippen LogP contribution in [0.4, 0.5) is 5.69 Å². The number of carbonyl (C=O) groups is 1. The van der Waals surface area contributed by atoms with E-state index in [0.717, 1.165) is 33.4 Å². The number of rotatable bonds is 3. The van der Waals surface area contributed by atoms with Crippen LogP contribution in [0, 0.1) is 27.7 Å². The third kappa shape index (κ3) is 3.14. The number of hydrogen-bond acceptors (Lipinski definition) is 1. The number of anilines is 1. The van der Waals surface area contributed by atoms with E-state index in [9.17, 15) is 4.79 Å². The Morgan fingerprint density at radius 3 is 2.43 bits per heavy atom. The van der Waals surface area contributed by atoms with Crippen LogP contribution in [-0.2, 0) is 11.2 Å². The highest BCUT2D eigenvalue weighted by atomic mass is 16.1. The molecule has 1 amide bonds. The summed E-state index contributed by atoms with van der Waals surface area (Å²) in [5, 5.41) is 4.17. The van der Waals surface area contributed by atoms with E-state index in [0.29, 0.717) is 6.42 Å². The van der Waals surface area contributed by atoms with Gasteiger partial charge in [0, 0.05) is 22.3 Å². The summed E-state index contributed by atoms with van der Waals surface area (Å²) < 4.78 is 0. The van der Waals surface area contributed by atoms with E-state index in [4.69, 9.17) is 0 Å². The van der Waals surface area contributed by atoms with E-state index in [1.165, 1.54) is 11.1 Å². The fourth-order valence-electron chi connectivity index (χ4n) is 3.03. The summed E-state index contributed by atoms with van der Waals surface area (Å²) in [6, 6.07) is 12.4. The average Bonchev–Trinajstić information content (AvgIpc) is 2.78. The minimum absolute atomic E-state index is 0.0162. The van der Waals surface area contributed by atoms with Gasteiger partial charge >= 0.3 is 0 Å². The van der Waals surface area contributed by atoms with Gasteiger partial charge in [-0.2, -0.15) is 0 Å². The van der Waals surface area contributed by atoms with Crippen molar-refractivity contribution < 1.29 is 4.79 Å². The van der Waals surface area contributed by atoms with Gasteiger partial charge in [0.05, 0.1) is 6.42 Å². The van der Waals surface area contributed by atoms with Crippen molar-refractivity contribution in [2.75, 3.05) is 5.32 Å². The third-order valence-corrected chi connectivity index (χ3v) is 4.27. The van der Waals surface area contributed by atoms with Crippen LogP contribution < -0.4 is 5.32 Å². The van der Waals surface area contributed by atoms with Crippen molar-refractivity contribution in [3.8, 4) is 0 Å². The Labute approximate surface area is 136 Å². The topological polar surface area (TPSA) is 44.9 Å². The zero-order valence-corrected chi connectivity index (χ0v) is 14.1. The van der Waals surface area contributed by atoms with E-state index in [1.54, 1.807) is 0 Å². The Morgan fingerprint density at radius 2 is 1.70 bits per heavy atom. The zero-order valence-electron chi connectivity index (χ0n) is 14.1. The van der Waals surface area contributed by atoms with E-state index < -0.39 is 0 Å². The molecule has 0 unspecified atom stereocenters. The number of H-pyrrole nitrogens is 1. The number of amides is 1. The molecule has 3 aromatic rings. The fraction of sp³-hybridized carbons (Fsp3) is 0.250. The highest BCUT2D eigenvalue weighted by molar-refractivity contribution is 5.97. The van der Waals surface area contributed by atoms with E-state index in [1.807, 2.05) is 26.0 Å². The van der Waals surface area contributed by atoms with Crippen molar-refractivity contribution in [2.24, 2.45) is 0 Å². The van der Waals surface area contributed by atoms with Gasteiger partial charge < -0.3 is 10.3 Å². The Hall–Kier alpha value is -2.55. The van der Waals surface area contributed by atoms with Crippen LogP contribution in [0.1, 0.15) is 27.9 Å². The van der Waals surface area contributed by atoms with Crippen molar-refractivity contribution in [1.29, 1.82) is 0 Å². The van der Waals surface area contributed by atoms with Crippen LogP contribution in [-0.4, -0.2) is 10.9 Å². The number of benzene rings is 2. The van der Waals surface area contributed by atoms with Gasteiger partial charge in [-0.05, 0) is 57.0 Å². The van der Waals surface area contributed by atoms with Gasteiger partial charge in [0.15, 0.2) is 0 Å². The molecule has 118 valence electrons. The van der Waals surface area contributed by atoms with Crippen molar-refractivity contribution in [3.63, 3.8) is 0 Å². The number of aromatic nitrogens is 1. The molecule has 0 atom stereocenters. The van der Waals surface area contributed by atoms with Gasteiger partial charge in [-0.25, -0.2) is 0 Å². The highest BCUT2D eigenvalue weighted by Crippen LogP contribution is 2.24. The minimum Gasteiger partial charge on any atom is -0.358 e. The van der Waals surface area contributed by atoms with E-state index in [2.05, 4.69) is 48.4 Å². The summed E-state index contributed by atoms with van der Waals surface area (Å²) in [5.41, 5.74) is 7.59. The summed E-state index contributed by atoms with van der Waals surface area (Å²) >= 11 is 0. The van der Waals surface area contributed by atoms with Crippen molar-refractivity contribution >= 4 is 22.5 Å². The molecule has 0 saturated carbocycles. The summed E-state index contributed by atoms with van der Waals surface area (Å²) in [6.07, 6.45) is 0.378. The lowest BCUT2D eigenvalue weighted by molar-refractivity contribution is -0.115. The molecule has 2 aromatic carbocycles. The molecule has 3 rings (SSSR count). The molecule has 0 aliphatic carbocycles. The molecule has 0 fully saturated rings. The predicted octanol–water partition coefficient (Wildman–Crippen LogP) is 4.58. The van der Waals surface area contributed by atoms with Crippen molar-refractivity contribution in [3.05, 3.63) is 64.3 Å². The SMILES string of the molecule is Cc1ccc(NC(=O)Cc2c(C)[nH]c3ccc(C)cc23)c(C)c1. The molecule has 2 N–H and O–H groups in total. The van der Waals surface area contributed by atoms with Crippen molar-refractivity contribution in [1.82, 2.24) is 4.98 Å². The maximum Gasteiger partial charge on any atom is 0.228 e. The number of fused-ring (bicyclic) bond motifs is 1. The van der Waals surface area contributed by atoms with Gasteiger partial charge in [-0.1, -0.05) is 29.3 Å². The van der Waals surface area contributed by atoms with Crippen LogP contribution >= 0.6 is 0 Å². The zero-order chi connectivity index (χ0) is 16.6. The lowest BCUT2D eigenvalue weighted by Crippen LogP contribution is -2.15. The molecule has 0 aliphatic rings. The molecule has 3 nitrogen and oxygen atoms in total. The van der Waals surface area contributed by atoms with Gasteiger partial charge in [-0.15, -0.1) is 0 Å². The van der Waals surface area contributed by atoms with Gasteiger partial charge in [0.1, 0.15) is 0 Å². The largest absolute Gasteiger partial charge is 0.358 e. The standard InChI is InChI=1S/C20H22N2O/c1-12-5-7-18(14(3)9-12)22-20(23)11-16-15(4)21-19-8-6-13(2)10-17(16)19/h5-10,21H,11H2,1-4H3,(H,22,23). The molecule has 0 bridgehead atoms. The monoisotopic (exact) mass is 306 g/mol. The Bertz CT molecular complexity index is 890. The van der Waals surface area contributed by atoms with Crippen LogP contribution in [0.5, 0.6) is 0 Å². The maximum atomic E-state index is 12.5. The molecule has 0 spiro atoms. The molecule has 1 heterocycles. The normalized spacial score (nSPS) is 11.0. The number of hydrogen-bond donors (Lipinski definition) is 2. The van der Waals surface area contributed by atoms with E-state index in [-0.39, 0.29) is 5.91 Å². The first-order chi connectivity index (χ1) is 10.9. The molecule has 0 aliphatic heterocycles. The van der Waals surface area contributed by atoms with Crippen LogP contribution in [0.3, 0.4) is 0 Å². The average molecular weight is 306 g/mol. The first-order valence-electron chi connectivity index (χ1n) is 7.89. The molecule has 1 aromatic heterocycles. The minimum atomic E-state index is 0.0162. The Kier molecular flexibility index (Phi) is 3.95. The number of nitrogens with one attached hydrogen (secondary N) is 2. The molecule has 0 saturated heterocycles. The number of carbonyl (C=O) groups excluding carboxylic acids is 1. The predicted molar refractivity (Wildman–Crippen MR) is 96.0 cm³/mol. The summed E-state index contributed by atoms with van der Waals surface area (Å²) in [7, 11) is 0. The summed E-state index contributed by atoms with van der Waals surface area (Å²) in [5.74, 6) is 0.0162. The number of aryl methyl sites for hydroxylation is 4. The Balaban J connectivity index is 1.85. The highest BCUT2D eigenvalue weighted by Gasteiger charge is 2.13. The fourth-order valence-corrected chi connectivity index (χ4v) is 3.03. The first kappa shape index (κ1) is 15.3. The lowest BCUT2D eigenvalue weighted by Gasteiger charge is -2.09. The second-order valence-corrected chi connectivity index (χ2v) is 6.32. The summed E-state index contributed by atoms with van der Waals surface area (Å²) in [6.45, 7) is 8.16. The Morgan fingerprint density at radius 1 is 1.00 bits per heavy atom. The molecule has 3 heteroatoms. The van der Waals surface area contributed by atoms with Crippen LogP contribution in [0.2, 0.25) is 0 Å². The quantitative estimate of drug-likeness (QED) is 0.730. The van der Waals surface area contributed by atoms with Crippen molar-refractivity contribution in [2.45, 2.75) is 34.1 Å². The third-order valence-electron chi connectivity index (χ3n) is 4.27. The van der Waals surface area contributed by atoms with Crippen LogP contribution in [0.15, 0.2) is 36.4 Å². The smallest absolute Gasteiger partial charge is 0.228 e. The molecular formula is C20H22N2O. The number of aromatic amines is 1. The molecular weight excluding hydrogens is 284 g/mol. The van der Waals surface area contributed by atoms with Gasteiger partial charge in [0.2, 0.25) is 5.91 Å². The maximum absolute atomic E-state index is 12.5.